The monoisotopic (exact) mass is 240 g/mol. The molecule has 0 bridgehead atoms. The molecule has 96 valence electrons. The van der Waals surface area contributed by atoms with Gasteiger partial charge in [-0.1, -0.05) is 20.8 Å². The Morgan fingerprint density at radius 1 is 1.53 bits per heavy atom. The van der Waals surface area contributed by atoms with Gasteiger partial charge in [0.05, 0.1) is 26.0 Å². The summed E-state index contributed by atoms with van der Waals surface area (Å²) in [6.45, 7) is 7.77. The van der Waals surface area contributed by atoms with Crippen LogP contribution in [0.25, 0.3) is 0 Å². The van der Waals surface area contributed by atoms with Crippen molar-refractivity contribution < 1.29 is 9.13 Å². The van der Waals surface area contributed by atoms with Crippen LogP contribution in [0, 0.1) is 5.92 Å². The molecule has 1 atom stereocenters. The van der Waals surface area contributed by atoms with E-state index in [1.807, 2.05) is 10.9 Å². The standard InChI is InChI=1S/C13H21FN2O/c1-13(2,3)11-7-15-16-8-10(5-4-6-14)9-17-12(11)16/h7,10H,4-6,8-9H2,1-3H3/t10-/m0/s1. The van der Waals surface area contributed by atoms with Gasteiger partial charge < -0.3 is 4.74 Å². The maximum atomic E-state index is 12.1. The van der Waals surface area contributed by atoms with Crippen LogP contribution < -0.4 is 4.74 Å². The maximum Gasteiger partial charge on any atom is 0.215 e. The summed E-state index contributed by atoms with van der Waals surface area (Å²) in [5.41, 5.74) is 1.21. The summed E-state index contributed by atoms with van der Waals surface area (Å²) >= 11 is 0. The Kier molecular flexibility index (Phi) is 3.40. The molecule has 2 rings (SSSR count). The molecule has 0 radical (unpaired) electrons. The first-order valence-electron chi connectivity index (χ1n) is 6.27. The van der Waals surface area contributed by atoms with Gasteiger partial charge in [-0.05, 0) is 18.3 Å². The Hall–Kier alpha value is -1.06. The molecular weight excluding hydrogens is 219 g/mol. The zero-order chi connectivity index (χ0) is 12.5. The predicted molar refractivity (Wildman–Crippen MR) is 65.1 cm³/mol. The van der Waals surface area contributed by atoms with Gasteiger partial charge in [-0.3, -0.25) is 4.39 Å². The van der Waals surface area contributed by atoms with Crippen LogP contribution in [0.1, 0.15) is 39.2 Å². The van der Waals surface area contributed by atoms with Gasteiger partial charge in [0, 0.05) is 11.5 Å². The van der Waals surface area contributed by atoms with E-state index in [1.54, 1.807) is 0 Å². The summed E-state index contributed by atoms with van der Waals surface area (Å²) in [4.78, 5) is 0. The minimum atomic E-state index is -0.240. The lowest BCUT2D eigenvalue weighted by Gasteiger charge is -2.27. The first-order valence-corrected chi connectivity index (χ1v) is 6.27. The highest BCUT2D eigenvalue weighted by Crippen LogP contribution is 2.34. The Balaban J connectivity index is 2.11. The van der Waals surface area contributed by atoms with E-state index in [-0.39, 0.29) is 12.1 Å². The van der Waals surface area contributed by atoms with E-state index in [0.717, 1.165) is 24.4 Å². The number of halogens is 1. The maximum absolute atomic E-state index is 12.1. The van der Waals surface area contributed by atoms with Crippen LogP contribution in [0.2, 0.25) is 0 Å². The van der Waals surface area contributed by atoms with Crippen molar-refractivity contribution in [2.24, 2.45) is 5.92 Å². The molecule has 0 aliphatic carbocycles. The highest BCUT2D eigenvalue weighted by molar-refractivity contribution is 5.31. The van der Waals surface area contributed by atoms with Crippen LogP contribution in [0.15, 0.2) is 6.20 Å². The van der Waals surface area contributed by atoms with Crippen molar-refractivity contribution >= 4 is 0 Å². The smallest absolute Gasteiger partial charge is 0.215 e. The summed E-state index contributed by atoms with van der Waals surface area (Å²) in [5, 5.41) is 4.38. The van der Waals surface area contributed by atoms with E-state index in [2.05, 4.69) is 25.9 Å². The second kappa shape index (κ2) is 4.67. The number of aromatic nitrogens is 2. The molecule has 0 unspecified atom stereocenters. The number of nitrogens with zero attached hydrogens (tertiary/aromatic N) is 2. The molecule has 1 aliphatic heterocycles. The van der Waals surface area contributed by atoms with Crippen LogP contribution >= 0.6 is 0 Å². The summed E-state index contributed by atoms with van der Waals surface area (Å²) in [6, 6.07) is 0. The molecule has 4 heteroatoms. The molecule has 17 heavy (non-hydrogen) atoms. The van der Waals surface area contributed by atoms with Crippen molar-refractivity contribution in [2.45, 2.75) is 45.6 Å². The van der Waals surface area contributed by atoms with Gasteiger partial charge >= 0.3 is 0 Å². The van der Waals surface area contributed by atoms with Crippen molar-refractivity contribution in [1.82, 2.24) is 9.78 Å². The third-order valence-corrected chi connectivity index (χ3v) is 3.23. The number of alkyl halides is 1. The molecule has 0 amide bonds. The number of hydrogen-bond acceptors (Lipinski definition) is 2. The lowest BCUT2D eigenvalue weighted by molar-refractivity contribution is 0.151. The Bertz CT molecular complexity index is 381. The molecule has 1 aromatic rings. The van der Waals surface area contributed by atoms with Gasteiger partial charge in [-0.2, -0.15) is 5.10 Å². The average Bonchev–Trinajstić information content (AvgIpc) is 2.68. The second-order valence-corrected chi connectivity index (χ2v) is 5.80. The lowest BCUT2D eigenvalue weighted by atomic mass is 9.89. The first-order chi connectivity index (χ1) is 8.02. The number of hydrogen-bond donors (Lipinski definition) is 0. The molecule has 0 spiro atoms. The molecule has 3 nitrogen and oxygen atoms in total. The largest absolute Gasteiger partial charge is 0.477 e. The molecule has 0 fully saturated rings. The van der Waals surface area contributed by atoms with E-state index in [9.17, 15) is 4.39 Å². The molecule has 2 heterocycles. The predicted octanol–water partition coefficient (Wildman–Crippen LogP) is 2.94. The fourth-order valence-corrected chi connectivity index (χ4v) is 2.21. The fraction of sp³-hybridized carbons (Fsp3) is 0.769. The molecule has 0 aromatic carbocycles. The van der Waals surface area contributed by atoms with Crippen LogP contribution in [0.4, 0.5) is 4.39 Å². The lowest BCUT2D eigenvalue weighted by Crippen LogP contribution is -2.27. The van der Waals surface area contributed by atoms with E-state index >= 15 is 0 Å². The molecule has 0 saturated carbocycles. The van der Waals surface area contributed by atoms with E-state index in [0.29, 0.717) is 18.9 Å². The van der Waals surface area contributed by atoms with Crippen molar-refractivity contribution in [2.75, 3.05) is 13.3 Å². The summed E-state index contributed by atoms with van der Waals surface area (Å²) in [5.74, 6) is 1.29. The van der Waals surface area contributed by atoms with E-state index < -0.39 is 0 Å². The summed E-state index contributed by atoms with van der Waals surface area (Å²) in [7, 11) is 0. The van der Waals surface area contributed by atoms with E-state index in [4.69, 9.17) is 4.74 Å². The van der Waals surface area contributed by atoms with Gasteiger partial charge in [0.15, 0.2) is 0 Å². The molecule has 1 aliphatic rings. The molecule has 0 N–H and O–H groups in total. The highest BCUT2D eigenvalue weighted by atomic mass is 19.1. The average molecular weight is 240 g/mol. The van der Waals surface area contributed by atoms with Crippen LogP contribution in [-0.2, 0) is 12.0 Å². The van der Waals surface area contributed by atoms with Crippen LogP contribution in [-0.4, -0.2) is 23.1 Å². The SMILES string of the molecule is CC(C)(C)c1cnn2c1OC[C@@H](CCCF)C2. The van der Waals surface area contributed by atoms with Crippen LogP contribution in [0.5, 0.6) is 5.88 Å². The van der Waals surface area contributed by atoms with Crippen LogP contribution in [0.3, 0.4) is 0 Å². The number of fused-ring (bicyclic) bond motifs is 1. The topological polar surface area (TPSA) is 27.1 Å². The summed E-state index contributed by atoms with van der Waals surface area (Å²) < 4.78 is 19.9. The number of rotatable bonds is 3. The minimum Gasteiger partial charge on any atom is -0.477 e. The Morgan fingerprint density at radius 3 is 2.94 bits per heavy atom. The second-order valence-electron chi connectivity index (χ2n) is 5.80. The zero-order valence-electron chi connectivity index (χ0n) is 10.9. The molecule has 1 aromatic heterocycles. The normalized spacial score (nSPS) is 19.9. The zero-order valence-corrected chi connectivity index (χ0v) is 10.9. The van der Waals surface area contributed by atoms with Crippen molar-refractivity contribution in [1.29, 1.82) is 0 Å². The summed E-state index contributed by atoms with van der Waals surface area (Å²) in [6.07, 6.45) is 3.39. The van der Waals surface area contributed by atoms with Gasteiger partial charge in [0.25, 0.3) is 0 Å². The van der Waals surface area contributed by atoms with Crippen molar-refractivity contribution in [3.63, 3.8) is 0 Å². The minimum absolute atomic E-state index is 0.0549. The highest BCUT2D eigenvalue weighted by Gasteiger charge is 2.28. The van der Waals surface area contributed by atoms with Gasteiger partial charge in [-0.15, -0.1) is 0 Å². The Morgan fingerprint density at radius 2 is 2.29 bits per heavy atom. The Labute approximate surface area is 102 Å². The fourth-order valence-electron chi connectivity index (χ4n) is 2.21. The van der Waals surface area contributed by atoms with Crippen molar-refractivity contribution in [3.05, 3.63) is 11.8 Å². The van der Waals surface area contributed by atoms with Gasteiger partial charge in [0.2, 0.25) is 5.88 Å². The van der Waals surface area contributed by atoms with Gasteiger partial charge in [0.1, 0.15) is 0 Å². The van der Waals surface area contributed by atoms with E-state index in [1.165, 1.54) is 0 Å². The third-order valence-electron chi connectivity index (χ3n) is 3.23. The van der Waals surface area contributed by atoms with Crippen molar-refractivity contribution in [3.8, 4) is 5.88 Å². The number of ether oxygens (including phenoxy) is 1. The third kappa shape index (κ3) is 2.61. The molecule has 0 saturated heterocycles. The molecular formula is C13H21FN2O. The quantitative estimate of drug-likeness (QED) is 0.812. The van der Waals surface area contributed by atoms with Gasteiger partial charge in [-0.25, -0.2) is 4.68 Å². The first kappa shape index (κ1) is 12.4.